The predicted octanol–water partition coefficient (Wildman–Crippen LogP) is 0.820. The van der Waals surface area contributed by atoms with E-state index in [9.17, 15) is 9.59 Å². The molecule has 8 nitrogen and oxygen atoms in total. The first kappa shape index (κ1) is 17.1. The summed E-state index contributed by atoms with van der Waals surface area (Å²) in [5.41, 5.74) is 2.26. The number of carbonyl (C=O) groups is 2. The first-order valence-electron chi connectivity index (χ1n) is 8.12. The van der Waals surface area contributed by atoms with E-state index in [4.69, 9.17) is 9.84 Å². The summed E-state index contributed by atoms with van der Waals surface area (Å²) in [6, 6.07) is 9.12. The van der Waals surface area contributed by atoms with Crippen LogP contribution in [0.4, 0.5) is 0 Å². The molecule has 1 amide bonds. The Morgan fingerprint density at radius 1 is 1.32 bits per heavy atom. The molecule has 0 spiro atoms. The molecule has 1 N–H and O–H groups in total. The second kappa shape index (κ2) is 7.43. The maximum absolute atomic E-state index is 12.7. The van der Waals surface area contributed by atoms with Crippen molar-refractivity contribution in [2.75, 3.05) is 19.8 Å². The number of ether oxygens (including phenoxy) is 1. The van der Waals surface area contributed by atoms with Crippen LogP contribution in [0.3, 0.4) is 0 Å². The lowest BCUT2D eigenvalue weighted by atomic mass is 10.1. The standard InChI is InChI=1S/C17H20N4O4/c1-12-15(18-19-21(12)13-5-3-2-4-6-13)10-16(22)20-7-8-25-11-14(20)9-17(23)24/h2-6,14H,7-11H2,1H3,(H,23,24). The van der Waals surface area contributed by atoms with E-state index in [0.717, 1.165) is 11.4 Å². The Morgan fingerprint density at radius 2 is 2.08 bits per heavy atom. The number of carbonyl (C=O) groups excluding carboxylic acids is 1. The van der Waals surface area contributed by atoms with Crippen LogP contribution < -0.4 is 0 Å². The van der Waals surface area contributed by atoms with Gasteiger partial charge >= 0.3 is 5.97 Å². The molecule has 25 heavy (non-hydrogen) atoms. The van der Waals surface area contributed by atoms with Gasteiger partial charge in [-0.15, -0.1) is 5.10 Å². The highest BCUT2D eigenvalue weighted by Gasteiger charge is 2.30. The minimum absolute atomic E-state index is 0.0920. The summed E-state index contributed by atoms with van der Waals surface area (Å²) in [5.74, 6) is -1.10. The molecule has 0 radical (unpaired) electrons. The van der Waals surface area contributed by atoms with Gasteiger partial charge in [0.05, 0.1) is 49.2 Å². The number of amides is 1. The molecule has 2 heterocycles. The number of rotatable bonds is 5. The van der Waals surface area contributed by atoms with Gasteiger partial charge < -0.3 is 14.7 Å². The Bertz CT molecular complexity index is 759. The number of aromatic nitrogens is 3. The van der Waals surface area contributed by atoms with Gasteiger partial charge in [-0.2, -0.15) is 0 Å². The Morgan fingerprint density at radius 3 is 2.80 bits per heavy atom. The highest BCUT2D eigenvalue weighted by molar-refractivity contribution is 5.80. The van der Waals surface area contributed by atoms with E-state index in [0.29, 0.717) is 18.8 Å². The number of hydrogen-bond donors (Lipinski definition) is 1. The van der Waals surface area contributed by atoms with Crippen molar-refractivity contribution in [3.63, 3.8) is 0 Å². The summed E-state index contributed by atoms with van der Waals surface area (Å²) in [6.07, 6.45) is -0.0315. The van der Waals surface area contributed by atoms with Crippen LogP contribution in [0.25, 0.3) is 5.69 Å². The van der Waals surface area contributed by atoms with Gasteiger partial charge in [-0.3, -0.25) is 9.59 Å². The van der Waals surface area contributed by atoms with Gasteiger partial charge in [0.15, 0.2) is 0 Å². The van der Waals surface area contributed by atoms with Gasteiger partial charge in [0.2, 0.25) is 5.91 Å². The van der Waals surface area contributed by atoms with E-state index in [1.165, 1.54) is 0 Å². The maximum atomic E-state index is 12.7. The average Bonchev–Trinajstić information content (AvgIpc) is 2.96. The molecule has 2 aromatic rings. The third kappa shape index (κ3) is 3.85. The Labute approximate surface area is 145 Å². The quantitative estimate of drug-likeness (QED) is 0.862. The largest absolute Gasteiger partial charge is 0.481 e. The van der Waals surface area contributed by atoms with Gasteiger partial charge in [0, 0.05) is 6.54 Å². The molecule has 0 aliphatic carbocycles. The van der Waals surface area contributed by atoms with Crippen molar-refractivity contribution >= 4 is 11.9 Å². The fourth-order valence-electron chi connectivity index (χ4n) is 2.94. The van der Waals surface area contributed by atoms with Gasteiger partial charge in [-0.25, -0.2) is 4.68 Å². The van der Waals surface area contributed by atoms with Crippen molar-refractivity contribution in [3.8, 4) is 5.69 Å². The molecular weight excluding hydrogens is 324 g/mol. The van der Waals surface area contributed by atoms with Crippen LogP contribution in [0.1, 0.15) is 17.8 Å². The molecular formula is C17H20N4O4. The van der Waals surface area contributed by atoms with E-state index in [1.807, 2.05) is 37.3 Å². The molecule has 0 bridgehead atoms. The lowest BCUT2D eigenvalue weighted by Gasteiger charge is -2.34. The Hall–Kier alpha value is -2.74. The third-order valence-corrected chi connectivity index (χ3v) is 4.27. The number of para-hydroxylation sites is 1. The number of carboxylic acids is 1. The molecule has 1 aliphatic heterocycles. The van der Waals surface area contributed by atoms with Crippen LogP contribution in [0, 0.1) is 6.92 Å². The number of benzene rings is 1. The highest BCUT2D eigenvalue weighted by atomic mass is 16.5. The Kier molecular flexibility index (Phi) is 5.08. The lowest BCUT2D eigenvalue weighted by molar-refractivity contribution is -0.145. The first-order valence-corrected chi connectivity index (χ1v) is 8.12. The Balaban J connectivity index is 1.74. The molecule has 3 rings (SSSR count). The van der Waals surface area contributed by atoms with E-state index < -0.39 is 12.0 Å². The fourth-order valence-corrected chi connectivity index (χ4v) is 2.94. The number of nitrogens with zero attached hydrogens (tertiary/aromatic N) is 4. The van der Waals surface area contributed by atoms with Crippen molar-refractivity contribution in [2.45, 2.75) is 25.8 Å². The highest BCUT2D eigenvalue weighted by Crippen LogP contribution is 2.16. The average molecular weight is 344 g/mol. The van der Waals surface area contributed by atoms with Crippen LogP contribution in [0.5, 0.6) is 0 Å². The second-order valence-electron chi connectivity index (χ2n) is 5.96. The van der Waals surface area contributed by atoms with Gasteiger partial charge in [0.25, 0.3) is 0 Å². The minimum atomic E-state index is -0.945. The normalized spacial score (nSPS) is 17.5. The van der Waals surface area contributed by atoms with Crippen LogP contribution in [0.15, 0.2) is 30.3 Å². The van der Waals surface area contributed by atoms with Crippen molar-refractivity contribution in [3.05, 3.63) is 41.7 Å². The topological polar surface area (TPSA) is 97.6 Å². The maximum Gasteiger partial charge on any atom is 0.305 e. The molecule has 1 aromatic carbocycles. The van der Waals surface area contributed by atoms with Crippen LogP contribution in [-0.2, 0) is 20.7 Å². The SMILES string of the molecule is Cc1c(CC(=O)N2CCOCC2CC(=O)O)nnn1-c1ccccc1. The lowest BCUT2D eigenvalue weighted by Crippen LogP contribution is -2.50. The van der Waals surface area contributed by atoms with E-state index in [1.54, 1.807) is 9.58 Å². The molecule has 1 fully saturated rings. The molecule has 1 atom stereocenters. The summed E-state index contributed by atoms with van der Waals surface area (Å²) in [7, 11) is 0. The van der Waals surface area contributed by atoms with Crippen molar-refractivity contribution in [1.82, 2.24) is 19.9 Å². The monoisotopic (exact) mass is 344 g/mol. The van der Waals surface area contributed by atoms with Crippen LogP contribution >= 0.6 is 0 Å². The molecule has 1 unspecified atom stereocenters. The second-order valence-corrected chi connectivity index (χ2v) is 5.96. The molecule has 0 saturated carbocycles. The van der Waals surface area contributed by atoms with Gasteiger partial charge in [0.1, 0.15) is 0 Å². The van der Waals surface area contributed by atoms with Crippen molar-refractivity contribution in [1.29, 1.82) is 0 Å². The first-order chi connectivity index (χ1) is 12.1. The number of carboxylic acid groups (broad SMARTS) is 1. The number of morpholine rings is 1. The molecule has 8 heteroatoms. The summed E-state index contributed by atoms with van der Waals surface area (Å²) in [6.45, 7) is 2.91. The molecule has 1 aromatic heterocycles. The van der Waals surface area contributed by atoms with Gasteiger partial charge in [-0.05, 0) is 19.1 Å². The predicted molar refractivity (Wildman–Crippen MR) is 88.4 cm³/mol. The zero-order valence-electron chi connectivity index (χ0n) is 14.0. The smallest absolute Gasteiger partial charge is 0.305 e. The summed E-state index contributed by atoms with van der Waals surface area (Å²) in [5, 5.41) is 17.3. The zero-order valence-corrected chi connectivity index (χ0v) is 14.0. The van der Waals surface area contributed by atoms with E-state index in [-0.39, 0.29) is 25.4 Å². The summed E-state index contributed by atoms with van der Waals surface area (Å²) >= 11 is 0. The van der Waals surface area contributed by atoms with Crippen molar-refractivity contribution < 1.29 is 19.4 Å². The van der Waals surface area contributed by atoms with E-state index >= 15 is 0 Å². The van der Waals surface area contributed by atoms with Crippen molar-refractivity contribution in [2.24, 2.45) is 0 Å². The minimum Gasteiger partial charge on any atom is -0.481 e. The van der Waals surface area contributed by atoms with Gasteiger partial charge in [-0.1, -0.05) is 23.4 Å². The van der Waals surface area contributed by atoms with E-state index in [2.05, 4.69) is 10.3 Å². The summed E-state index contributed by atoms with van der Waals surface area (Å²) < 4.78 is 7.00. The van der Waals surface area contributed by atoms with Crippen LogP contribution in [0.2, 0.25) is 0 Å². The number of aliphatic carboxylic acids is 1. The molecule has 1 aliphatic rings. The fraction of sp³-hybridized carbons (Fsp3) is 0.412. The zero-order chi connectivity index (χ0) is 17.8. The summed E-state index contributed by atoms with van der Waals surface area (Å²) in [4.78, 5) is 25.2. The van der Waals surface area contributed by atoms with Crippen LogP contribution in [-0.4, -0.2) is 62.7 Å². The third-order valence-electron chi connectivity index (χ3n) is 4.27. The molecule has 132 valence electrons. The molecule has 1 saturated heterocycles. The number of hydrogen-bond acceptors (Lipinski definition) is 5.